The van der Waals surface area contributed by atoms with Crippen LogP contribution in [0.2, 0.25) is 0 Å². The summed E-state index contributed by atoms with van der Waals surface area (Å²) in [7, 11) is 3.40. The molecule has 2 amide bonds. The van der Waals surface area contributed by atoms with Crippen LogP contribution in [0.4, 0.5) is 0 Å². The van der Waals surface area contributed by atoms with Crippen LogP contribution in [0.3, 0.4) is 0 Å². The number of benzene rings is 2. The lowest BCUT2D eigenvalue weighted by atomic mass is 9.79. The molecule has 0 aromatic heterocycles. The van der Waals surface area contributed by atoms with Gasteiger partial charge in [-0.15, -0.1) is 0 Å². The minimum absolute atomic E-state index is 0.0415. The number of methoxy groups -OCH3 is 1. The zero-order valence-corrected chi connectivity index (χ0v) is 20.3. The summed E-state index contributed by atoms with van der Waals surface area (Å²) in [5, 5.41) is 3.16. The average molecular weight is 452 g/mol. The largest absolute Gasteiger partial charge is 0.497 e. The lowest BCUT2D eigenvalue weighted by molar-refractivity contribution is -0.124. The van der Waals surface area contributed by atoms with Crippen molar-refractivity contribution >= 4 is 11.8 Å². The SMILES string of the molecule is CCCN(CCC)CCCNC(=O)[C@H]1c2ccccc2C(=O)N(C)[C@@H]1c1ccc(OC)cc1. The monoisotopic (exact) mass is 451 g/mol. The van der Waals surface area contributed by atoms with E-state index in [9.17, 15) is 9.59 Å². The van der Waals surface area contributed by atoms with E-state index in [4.69, 9.17) is 4.74 Å². The van der Waals surface area contributed by atoms with Gasteiger partial charge in [0.15, 0.2) is 0 Å². The molecule has 0 radical (unpaired) electrons. The summed E-state index contributed by atoms with van der Waals surface area (Å²) >= 11 is 0. The molecule has 2 aromatic carbocycles. The maximum absolute atomic E-state index is 13.5. The van der Waals surface area contributed by atoms with E-state index in [1.165, 1.54) is 0 Å². The Hall–Kier alpha value is -2.86. The quantitative estimate of drug-likeness (QED) is 0.519. The first-order valence-electron chi connectivity index (χ1n) is 12.0. The van der Waals surface area contributed by atoms with Gasteiger partial charge in [0, 0.05) is 19.2 Å². The number of ether oxygens (including phenoxy) is 1. The fourth-order valence-corrected chi connectivity index (χ4v) is 4.77. The zero-order chi connectivity index (χ0) is 23.8. The van der Waals surface area contributed by atoms with E-state index in [-0.39, 0.29) is 17.9 Å². The van der Waals surface area contributed by atoms with Crippen LogP contribution in [0.15, 0.2) is 48.5 Å². The Morgan fingerprint density at radius 1 is 1.03 bits per heavy atom. The van der Waals surface area contributed by atoms with Crippen molar-refractivity contribution in [2.45, 2.75) is 45.1 Å². The van der Waals surface area contributed by atoms with Crippen LogP contribution in [0.5, 0.6) is 5.75 Å². The fourth-order valence-electron chi connectivity index (χ4n) is 4.77. The summed E-state index contributed by atoms with van der Waals surface area (Å²) in [6, 6.07) is 14.7. The van der Waals surface area contributed by atoms with E-state index in [1.54, 1.807) is 19.1 Å². The molecule has 1 aliphatic heterocycles. The molecule has 2 aromatic rings. The van der Waals surface area contributed by atoms with Crippen LogP contribution in [0.25, 0.3) is 0 Å². The first-order chi connectivity index (χ1) is 16.0. The van der Waals surface area contributed by atoms with Gasteiger partial charge in [-0.3, -0.25) is 9.59 Å². The number of rotatable bonds is 11. The molecule has 6 nitrogen and oxygen atoms in total. The Morgan fingerprint density at radius 2 is 1.70 bits per heavy atom. The number of carbonyl (C=O) groups excluding carboxylic acids is 2. The predicted molar refractivity (Wildman–Crippen MR) is 132 cm³/mol. The van der Waals surface area contributed by atoms with E-state index in [0.29, 0.717) is 12.1 Å². The maximum atomic E-state index is 13.5. The van der Waals surface area contributed by atoms with Gasteiger partial charge in [-0.2, -0.15) is 0 Å². The highest BCUT2D eigenvalue weighted by Crippen LogP contribution is 2.42. The van der Waals surface area contributed by atoms with E-state index < -0.39 is 5.92 Å². The summed E-state index contributed by atoms with van der Waals surface area (Å²) in [4.78, 5) is 30.8. The number of hydrogen-bond acceptors (Lipinski definition) is 4. The topological polar surface area (TPSA) is 61.9 Å². The molecule has 1 N–H and O–H groups in total. The summed E-state index contributed by atoms with van der Waals surface area (Å²) < 4.78 is 5.29. The van der Waals surface area contributed by atoms with Gasteiger partial charge in [0.2, 0.25) is 5.91 Å². The molecule has 3 rings (SSSR count). The van der Waals surface area contributed by atoms with Crippen LogP contribution in [-0.4, -0.2) is 62.0 Å². The van der Waals surface area contributed by atoms with Crippen molar-refractivity contribution in [3.63, 3.8) is 0 Å². The van der Waals surface area contributed by atoms with Gasteiger partial charge in [-0.05, 0) is 68.2 Å². The average Bonchev–Trinajstić information content (AvgIpc) is 2.84. The maximum Gasteiger partial charge on any atom is 0.254 e. The second kappa shape index (κ2) is 11.8. The van der Waals surface area contributed by atoms with Crippen molar-refractivity contribution in [1.82, 2.24) is 15.1 Å². The Labute approximate surface area is 197 Å². The number of likely N-dealkylation sites (N-methyl/N-ethyl adjacent to an activating group) is 1. The van der Waals surface area contributed by atoms with Gasteiger partial charge in [0.25, 0.3) is 5.91 Å². The summed E-state index contributed by atoms with van der Waals surface area (Å²) in [5.74, 6) is 0.165. The smallest absolute Gasteiger partial charge is 0.254 e. The normalized spacial score (nSPS) is 17.7. The molecule has 0 saturated carbocycles. The van der Waals surface area contributed by atoms with Crippen molar-refractivity contribution in [2.75, 3.05) is 40.3 Å². The van der Waals surface area contributed by atoms with Gasteiger partial charge < -0.3 is 19.9 Å². The molecule has 33 heavy (non-hydrogen) atoms. The van der Waals surface area contributed by atoms with Gasteiger partial charge >= 0.3 is 0 Å². The zero-order valence-electron chi connectivity index (χ0n) is 20.3. The third-order valence-electron chi connectivity index (χ3n) is 6.35. The van der Waals surface area contributed by atoms with E-state index in [0.717, 1.165) is 55.8 Å². The summed E-state index contributed by atoms with van der Waals surface area (Å²) in [6.07, 6.45) is 3.17. The molecule has 0 bridgehead atoms. The molecule has 0 spiro atoms. The molecule has 0 aliphatic carbocycles. The Morgan fingerprint density at radius 3 is 2.33 bits per heavy atom. The summed E-state index contributed by atoms with van der Waals surface area (Å²) in [6.45, 7) is 8.16. The van der Waals surface area contributed by atoms with Crippen molar-refractivity contribution in [3.05, 3.63) is 65.2 Å². The lowest BCUT2D eigenvalue weighted by Crippen LogP contribution is -2.46. The third kappa shape index (κ3) is 5.74. The number of carbonyl (C=O) groups is 2. The number of hydrogen-bond donors (Lipinski definition) is 1. The number of fused-ring (bicyclic) bond motifs is 1. The second-order valence-corrected chi connectivity index (χ2v) is 8.69. The van der Waals surface area contributed by atoms with Crippen LogP contribution >= 0.6 is 0 Å². The van der Waals surface area contributed by atoms with Gasteiger partial charge in [-0.1, -0.05) is 44.2 Å². The molecule has 0 saturated heterocycles. The highest BCUT2D eigenvalue weighted by Gasteiger charge is 2.42. The van der Waals surface area contributed by atoms with Crippen molar-refractivity contribution < 1.29 is 14.3 Å². The van der Waals surface area contributed by atoms with Gasteiger partial charge in [0.1, 0.15) is 5.75 Å². The first-order valence-corrected chi connectivity index (χ1v) is 12.0. The highest BCUT2D eigenvalue weighted by atomic mass is 16.5. The van der Waals surface area contributed by atoms with E-state index in [2.05, 4.69) is 24.1 Å². The van der Waals surface area contributed by atoms with Gasteiger partial charge in [0.05, 0.1) is 19.1 Å². The number of amides is 2. The Kier molecular flexibility index (Phi) is 8.89. The molecular formula is C27H37N3O3. The highest BCUT2D eigenvalue weighted by molar-refractivity contribution is 6.01. The Balaban J connectivity index is 1.81. The predicted octanol–water partition coefficient (Wildman–Crippen LogP) is 4.23. The lowest BCUT2D eigenvalue weighted by Gasteiger charge is -2.39. The van der Waals surface area contributed by atoms with Crippen molar-refractivity contribution in [3.8, 4) is 5.75 Å². The van der Waals surface area contributed by atoms with E-state index in [1.807, 2.05) is 48.5 Å². The Bertz CT molecular complexity index is 922. The molecular weight excluding hydrogens is 414 g/mol. The van der Waals surface area contributed by atoms with Crippen LogP contribution in [0.1, 0.15) is 66.6 Å². The van der Waals surface area contributed by atoms with E-state index >= 15 is 0 Å². The van der Waals surface area contributed by atoms with Crippen LogP contribution < -0.4 is 10.1 Å². The van der Waals surface area contributed by atoms with Crippen LogP contribution in [-0.2, 0) is 4.79 Å². The minimum Gasteiger partial charge on any atom is -0.497 e. The van der Waals surface area contributed by atoms with Crippen molar-refractivity contribution in [1.29, 1.82) is 0 Å². The molecule has 0 fully saturated rings. The number of nitrogens with zero attached hydrogens (tertiary/aromatic N) is 2. The van der Waals surface area contributed by atoms with Crippen LogP contribution in [0, 0.1) is 0 Å². The number of nitrogens with one attached hydrogen (secondary N) is 1. The molecule has 6 heteroatoms. The first kappa shape index (κ1) is 24.8. The summed E-state index contributed by atoms with van der Waals surface area (Å²) in [5.41, 5.74) is 2.30. The third-order valence-corrected chi connectivity index (χ3v) is 6.35. The van der Waals surface area contributed by atoms with Gasteiger partial charge in [-0.25, -0.2) is 0 Å². The van der Waals surface area contributed by atoms with Crippen molar-refractivity contribution in [2.24, 2.45) is 0 Å². The standard InChI is InChI=1S/C27H37N3O3/c1-5-17-30(18-6-2)19-9-16-28-26(31)24-22-10-7-8-11-23(22)27(32)29(3)25(24)20-12-14-21(33-4)15-13-20/h7-8,10-15,24-25H,5-6,9,16-19H2,1-4H3,(H,28,31)/t24-,25+/m0/s1. The molecule has 2 atom stereocenters. The molecule has 0 unspecified atom stereocenters. The minimum atomic E-state index is -0.473. The second-order valence-electron chi connectivity index (χ2n) is 8.69. The fraction of sp³-hybridized carbons (Fsp3) is 0.481. The molecule has 1 heterocycles. The molecule has 178 valence electrons. The molecule has 1 aliphatic rings.